The molecule has 0 unspecified atom stereocenters. The van der Waals surface area contributed by atoms with E-state index in [-0.39, 0.29) is 70.8 Å². The highest BCUT2D eigenvalue weighted by atomic mass is 15.1. The van der Waals surface area contributed by atoms with E-state index in [1.54, 1.807) is 60.7 Å². The quantitative estimate of drug-likeness (QED) is 0.167. The van der Waals surface area contributed by atoms with Crippen LogP contribution in [0.3, 0.4) is 0 Å². The minimum atomic E-state index is -0.383. The number of fused-ring (bicyclic) bond motifs is 3. The molecule has 0 amide bonds. The first-order chi connectivity index (χ1) is 28.2. The molecule has 0 saturated heterocycles. The van der Waals surface area contributed by atoms with Crippen LogP contribution in [0.5, 0.6) is 0 Å². The molecule has 0 N–H and O–H groups in total. The second-order valence-electron chi connectivity index (χ2n) is 12.0. The van der Waals surface area contributed by atoms with Gasteiger partial charge >= 0.3 is 0 Å². The van der Waals surface area contributed by atoms with Crippen LogP contribution < -0.4 is 4.90 Å². The lowest BCUT2D eigenvalue weighted by molar-refractivity contribution is 1.18. The molecule has 0 radical (unpaired) electrons. The van der Waals surface area contributed by atoms with E-state index in [2.05, 4.69) is 41.0 Å². The molecule has 2 heteroatoms. The number of rotatable bonds is 7. The van der Waals surface area contributed by atoms with E-state index < -0.39 is 0 Å². The van der Waals surface area contributed by atoms with E-state index in [0.717, 1.165) is 38.6 Å². The summed E-state index contributed by atoms with van der Waals surface area (Å²) < 4.78 is 75.9. The molecule has 0 aliphatic heterocycles. The van der Waals surface area contributed by atoms with Crippen molar-refractivity contribution in [3.8, 4) is 39.1 Å². The second kappa shape index (κ2) is 12.8. The second-order valence-corrected chi connectivity index (χ2v) is 12.0. The van der Waals surface area contributed by atoms with Crippen molar-refractivity contribution in [2.45, 2.75) is 0 Å². The molecule has 0 fully saturated rings. The van der Waals surface area contributed by atoms with Gasteiger partial charge in [0.1, 0.15) is 0 Å². The first kappa shape index (κ1) is 22.1. The minimum Gasteiger partial charge on any atom is -0.311 e. The number of anilines is 3. The predicted molar refractivity (Wildman–Crippen MR) is 212 cm³/mol. The van der Waals surface area contributed by atoms with Crippen molar-refractivity contribution in [1.82, 2.24) is 4.57 Å². The summed E-state index contributed by atoms with van der Waals surface area (Å²) in [5, 5.41) is 2.31. The average Bonchev–Trinajstić information content (AvgIpc) is 3.60. The fraction of sp³-hybridized carbons (Fsp3) is 0. The Morgan fingerprint density at radius 2 is 0.780 bits per heavy atom. The SMILES string of the molecule is [2H]c1c([2H])c(N(c2ccc(-c3cccc(-n4c5ccccc5c5ccccc54)c3)cc2)c2c([2H])c([2H])c(-c3ccccc3)c([2H])c2[2H])c([2H])c([2H])c1-c1ccccc1. The highest BCUT2D eigenvalue weighted by Crippen LogP contribution is 2.38. The zero-order valence-electron chi connectivity index (χ0n) is 34.9. The van der Waals surface area contributed by atoms with Crippen LogP contribution in [0.2, 0.25) is 0 Å². The number of benzene rings is 8. The summed E-state index contributed by atoms with van der Waals surface area (Å²) in [6.45, 7) is 0. The van der Waals surface area contributed by atoms with Gasteiger partial charge in [0.05, 0.1) is 22.0 Å². The van der Waals surface area contributed by atoms with Crippen molar-refractivity contribution in [3.05, 3.63) is 206 Å². The highest BCUT2D eigenvalue weighted by Gasteiger charge is 2.15. The van der Waals surface area contributed by atoms with Crippen LogP contribution in [0.15, 0.2) is 206 Å². The molecule has 236 valence electrons. The molecule has 0 aliphatic carbocycles. The van der Waals surface area contributed by atoms with Crippen molar-refractivity contribution < 1.29 is 11.0 Å². The molecule has 8 aromatic carbocycles. The van der Waals surface area contributed by atoms with E-state index in [1.807, 2.05) is 60.7 Å². The van der Waals surface area contributed by atoms with E-state index in [0.29, 0.717) is 16.8 Å². The topological polar surface area (TPSA) is 8.17 Å². The Hall–Kier alpha value is -6.64. The molecule has 1 aromatic heterocycles. The van der Waals surface area contributed by atoms with Gasteiger partial charge in [-0.15, -0.1) is 0 Å². The average molecular weight is 647 g/mol. The number of hydrogen-bond donors (Lipinski definition) is 0. The molecule has 9 aromatic rings. The summed E-state index contributed by atoms with van der Waals surface area (Å²) in [6, 6.07) is 47.0. The highest BCUT2D eigenvalue weighted by molar-refractivity contribution is 6.09. The number of hydrogen-bond acceptors (Lipinski definition) is 1. The van der Waals surface area contributed by atoms with Crippen molar-refractivity contribution in [2.75, 3.05) is 4.90 Å². The van der Waals surface area contributed by atoms with Crippen LogP contribution in [-0.4, -0.2) is 4.57 Å². The lowest BCUT2D eigenvalue weighted by Gasteiger charge is -2.26. The normalized spacial score (nSPS) is 13.4. The molecule has 9 rings (SSSR count). The first-order valence-corrected chi connectivity index (χ1v) is 16.5. The van der Waals surface area contributed by atoms with E-state index in [9.17, 15) is 5.48 Å². The third-order valence-corrected chi connectivity index (χ3v) is 8.94. The molecule has 0 spiro atoms. The molecule has 0 atom stereocenters. The molecular formula is C48H34N2. The lowest BCUT2D eigenvalue weighted by Crippen LogP contribution is -2.09. The largest absolute Gasteiger partial charge is 0.311 e. The van der Waals surface area contributed by atoms with Crippen LogP contribution in [0.1, 0.15) is 11.0 Å². The van der Waals surface area contributed by atoms with E-state index in [1.165, 1.54) is 4.90 Å². The Morgan fingerprint density at radius 1 is 0.340 bits per heavy atom. The Labute approximate surface area is 304 Å². The fourth-order valence-corrected chi connectivity index (χ4v) is 6.53. The zero-order chi connectivity index (χ0) is 40.2. The van der Waals surface area contributed by atoms with E-state index >= 15 is 0 Å². The Morgan fingerprint density at radius 3 is 1.30 bits per heavy atom. The van der Waals surface area contributed by atoms with Gasteiger partial charge in [-0.1, -0.05) is 145 Å². The maximum Gasteiger partial charge on any atom is 0.0645 e. The van der Waals surface area contributed by atoms with Gasteiger partial charge in [-0.05, 0) is 93.9 Å². The Bertz CT molecular complexity index is 2820. The van der Waals surface area contributed by atoms with Gasteiger partial charge in [0.25, 0.3) is 0 Å². The zero-order valence-corrected chi connectivity index (χ0v) is 26.9. The van der Waals surface area contributed by atoms with Gasteiger partial charge in [0.2, 0.25) is 0 Å². The van der Waals surface area contributed by atoms with Gasteiger partial charge < -0.3 is 9.47 Å². The number of para-hydroxylation sites is 2. The van der Waals surface area contributed by atoms with Crippen LogP contribution >= 0.6 is 0 Å². The summed E-state index contributed by atoms with van der Waals surface area (Å²) in [6.07, 6.45) is 0. The third-order valence-electron chi connectivity index (χ3n) is 8.94. The molecule has 1 heterocycles. The summed E-state index contributed by atoms with van der Waals surface area (Å²) in [7, 11) is 0. The molecule has 0 saturated carbocycles. The fourth-order valence-electron chi connectivity index (χ4n) is 6.53. The molecule has 0 bridgehead atoms. The predicted octanol–water partition coefficient (Wildman–Crippen LogP) is 13.3. The van der Waals surface area contributed by atoms with Crippen LogP contribution in [0.25, 0.3) is 60.9 Å². The lowest BCUT2D eigenvalue weighted by atomic mass is 10.0. The van der Waals surface area contributed by atoms with E-state index in [4.69, 9.17) is 5.48 Å². The maximum absolute atomic E-state index is 9.31. The van der Waals surface area contributed by atoms with Crippen molar-refractivity contribution in [2.24, 2.45) is 0 Å². The van der Waals surface area contributed by atoms with Gasteiger partial charge in [0, 0.05) is 33.5 Å². The van der Waals surface area contributed by atoms with Crippen LogP contribution in [0.4, 0.5) is 17.1 Å². The molecular weight excluding hydrogens is 605 g/mol. The standard InChI is InChI=1S/C48H34N2/c1-3-12-35(13-4-1)37-22-28-41(29-23-37)49(42-30-24-38(25-31-42)36-14-5-2-6-15-36)43-32-26-39(27-33-43)40-16-11-17-44(34-40)50-47-20-9-7-18-45(47)46-19-8-10-21-48(46)50/h1-34H/i22D,23D,24D,25D,28D,29D,30D,31D. The monoisotopic (exact) mass is 646 g/mol. The molecule has 2 nitrogen and oxygen atoms in total. The number of nitrogens with zero attached hydrogens (tertiary/aromatic N) is 2. The molecule has 50 heavy (non-hydrogen) atoms. The minimum absolute atomic E-state index is 0.122. The van der Waals surface area contributed by atoms with Crippen molar-refractivity contribution in [1.29, 1.82) is 0 Å². The molecule has 0 aliphatic rings. The smallest absolute Gasteiger partial charge is 0.0645 e. The summed E-state index contributed by atoms with van der Waals surface area (Å²) in [5.41, 5.74) is 6.15. The Kier molecular flexibility index (Phi) is 5.63. The van der Waals surface area contributed by atoms with Gasteiger partial charge in [0.15, 0.2) is 0 Å². The summed E-state index contributed by atoms with van der Waals surface area (Å²) in [5.74, 6) is 0. The Balaban J connectivity index is 1.22. The van der Waals surface area contributed by atoms with Gasteiger partial charge in [-0.2, -0.15) is 0 Å². The van der Waals surface area contributed by atoms with Crippen molar-refractivity contribution >= 4 is 38.9 Å². The third kappa shape index (κ3) is 5.43. The van der Waals surface area contributed by atoms with Crippen molar-refractivity contribution in [3.63, 3.8) is 0 Å². The number of aromatic nitrogens is 1. The van der Waals surface area contributed by atoms with Crippen LogP contribution in [-0.2, 0) is 0 Å². The first-order valence-electron chi connectivity index (χ1n) is 20.5. The summed E-state index contributed by atoms with van der Waals surface area (Å²) >= 11 is 0. The van der Waals surface area contributed by atoms with Gasteiger partial charge in [-0.3, -0.25) is 0 Å². The maximum atomic E-state index is 9.31. The van der Waals surface area contributed by atoms with Crippen LogP contribution in [0, 0.1) is 0 Å². The summed E-state index contributed by atoms with van der Waals surface area (Å²) in [4.78, 5) is 1.34. The van der Waals surface area contributed by atoms with Gasteiger partial charge in [-0.25, -0.2) is 0 Å².